The number of nitrogens with zero attached hydrogens (tertiary/aromatic N) is 3. The van der Waals surface area contributed by atoms with E-state index in [2.05, 4.69) is 85.3 Å². The predicted molar refractivity (Wildman–Crippen MR) is 116 cm³/mol. The molecule has 3 nitrogen and oxygen atoms in total. The lowest BCUT2D eigenvalue weighted by molar-refractivity contribution is 0.896. The molecule has 0 aliphatic carbocycles. The quantitative estimate of drug-likeness (QED) is 0.387. The van der Waals surface area contributed by atoms with Gasteiger partial charge in [0.2, 0.25) is 0 Å². The first-order valence-corrected chi connectivity index (χ1v) is 9.68. The van der Waals surface area contributed by atoms with E-state index in [-0.39, 0.29) is 0 Å². The maximum atomic E-state index is 5.09. The second-order valence-corrected chi connectivity index (χ2v) is 7.15. The molecule has 0 saturated heterocycles. The van der Waals surface area contributed by atoms with Gasteiger partial charge in [-0.15, -0.1) is 0 Å². The molecule has 3 heteroatoms. The fourth-order valence-corrected chi connectivity index (χ4v) is 3.90. The molecular formula is C25H21N3. The van der Waals surface area contributed by atoms with Gasteiger partial charge in [0.05, 0.1) is 16.7 Å². The molecule has 3 aromatic carbocycles. The molecular weight excluding hydrogens is 342 g/mol. The largest absolute Gasteiger partial charge is 0.255 e. The van der Waals surface area contributed by atoms with Crippen LogP contribution >= 0.6 is 0 Å². The molecule has 5 rings (SSSR count). The third-order valence-electron chi connectivity index (χ3n) is 5.31. The van der Waals surface area contributed by atoms with Crippen LogP contribution in [0.25, 0.3) is 38.8 Å². The highest BCUT2D eigenvalue weighted by Crippen LogP contribution is 2.34. The van der Waals surface area contributed by atoms with Gasteiger partial charge in [-0.3, -0.25) is 4.98 Å². The summed E-state index contributed by atoms with van der Waals surface area (Å²) in [6.45, 7) is 4.31. The zero-order valence-electron chi connectivity index (χ0n) is 16.1. The molecule has 0 bridgehead atoms. The molecule has 0 atom stereocenters. The van der Waals surface area contributed by atoms with Crippen LogP contribution in [0.4, 0.5) is 0 Å². The molecule has 2 heterocycles. The number of benzene rings is 3. The topological polar surface area (TPSA) is 30.7 Å². The average molecular weight is 363 g/mol. The molecule has 5 aromatic rings. The Morgan fingerprint density at radius 1 is 0.857 bits per heavy atom. The Hall–Kier alpha value is -3.46. The lowest BCUT2D eigenvalue weighted by Gasteiger charge is -2.10. The standard InChI is InChI=1S/C25H21N3/c1-3-18-9-7-8-12-23(18)28-25-20-15-17(2)13-14-22(20)26-16-21(25)24(27-28)19-10-5-4-6-11-19/h4-16H,3H2,1-2H3. The van der Waals surface area contributed by atoms with E-state index in [1.165, 1.54) is 11.1 Å². The number of aromatic nitrogens is 3. The fraction of sp³-hybridized carbons (Fsp3) is 0.120. The van der Waals surface area contributed by atoms with Gasteiger partial charge >= 0.3 is 0 Å². The average Bonchev–Trinajstić information content (AvgIpc) is 3.14. The Kier molecular flexibility index (Phi) is 3.94. The van der Waals surface area contributed by atoms with Gasteiger partial charge in [0, 0.05) is 22.5 Å². The van der Waals surface area contributed by atoms with Crippen LogP contribution in [-0.4, -0.2) is 14.8 Å². The second kappa shape index (κ2) is 6.61. The first kappa shape index (κ1) is 16.7. The minimum absolute atomic E-state index is 0.959. The van der Waals surface area contributed by atoms with Crippen molar-refractivity contribution in [2.45, 2.75) is 20.3 Å². The molecule has 0 amide bonds. The van der Waals surface area contributed by atoms with Gasteiger partial charge in [0.25, 0.3) is 0 Å². The normalized spacial score (nSPS) is 11.4. The van der Waals surface area contributed by atoms with Crippen molar-refractivity contribution in [2.24, 2.45) is 0 Å². The highest BCUT2D eigenvalue weighted by molar-refractivity contribution is 6.09. The maximum absolute atomic E-state index is 5.09. The molecule has 0 unspecified atom stereocenters. The monoisotopic (exact) mass is 363 g/mol. The molecule has 0 radical (unpaired) electrons. The van der Waals surface area contributed by atoms with E-state index in [9.17, 15) is 0 Å². The Balaban J connectivity index is 1.95. The molecule has 0 fully saturated rings. The number of rotatable bonds is 3. The van der Waals surface area contributed by atoms with Gasteiger partial charge < -0.3 is 0 Å². The zero-order chi connectivity index (χ0) is 19.1. The number of para-hydroxylation sites is 1. The number of pyridine rings is 1. The molecule has 2 aromatic heterocycles. The molecule has 0 aliphatic rings. The summed E-state index contributed by atoms with van der Waals surface area (Å²) >= 11 is 0. The van der Waals surface area contributed by atoms with Crippen molar-refractivity contribution in [1.82, 2.24) is 14.8 Å². The van der Waals surface area contributed by atoms with Crippen molar-refractivity contribution in [3.8, 4) is 16.9 Å². The van der Waals surface area contributed by atoms with Crippen LogP contribution in [0.5, 0.6) is 0 Å². The minimum Gasteiger partial charge on any atom is -0.255 e. The summed E-state index contributed by atoms with van der Waals surface area (Å²) in [5.74, 6) is 0. The van der Waals surface area contributed by atoms with Crippen molar-refractivity contribution < 1.29 is 0 Å². The van der Waals surface area contributed by atoms with Crippen LogP contribution < -0.4 is 0 Å². The van der Waals surface area contributed by atoms with Crippen LogP contribution in [0.3, 0.4) is 0 Å². The molecule has 0 N–H and O–H groups in total. The van der Waals surface area contributed by atoms with E-state index in [0.29, 0.717) is 0 Å². The molecule has 0 saturated carbocycles. The van der Waals surface area contributed by atoms with Crippen LogP contribution in [-0.2, 0) is 6.42 Å². The molecule has 136 valence electrons. The predicted octanol–water partition coefficient (Wildman–Crippen LogP) is 6.11. The van der Waals surface area contributed by atoms with E-state index in [1.807, 2.05) is 12.3 Å². The van der Waals surface area contributed by atoms with Gasteiger partial charge in [0.1, 0.15) is 5.69 Å². The highest BCUT2D eigenvalue weighted by Gasteiger charge is 2.18. The van der Waals surface area contributed by atoms with Gasteiger partial charge in [-0.2, -0.15) is 5.10 Å². The first-order valence-electron chi connectivity index (χ1n) is 9.68. The number of hydrogen-bond acceptors (Lipinski definition) is 2. The van der Waals surface area contributed by atoms with E-state index in [1.54, 1.807) is 0 Å². The van der Waals surface area contributed by atoms with Crippen molar-refractivity contribution in [1.29, 1.82) is 0 Å². The fourth-order valence-electron chi connectivity index (χ4n) is 3.90. The molecule has 0 aliphatic heterocycles. The third kappa shape index (κ3) is 2.59. The molecule has 28 heavy (non-hydrogen) atoms. The van der Waals surface area contributed by atoms with Gasteiger partial charge in [-0.25, -0.2) is 4.68 Å². The van der Waals surface area contributed by atoms with Crippen molar-refractivity contribution >= 4 is 21.8 Å². The summed E-state index contributed by atoms with van der Waals surface area (Å²) in [6.07, 6.45) is 2.92. The minimum atomic E-state index is 0.959. The Morgan fingerprint density at radius 2 is 1.64 bits per heavy atom. The third-order valence-corrected chi connectivity index (χ3v) is 5.31. The number of fused-ring (bicyclic) bond motifs is 3. The maximum Gasteiger partial charge on any atom is 0.102 e. The van der Waals surface area contributed by atoms with Gasteiger partial charge in [-0.1, -0.05) is 67.1 Å². The van der Waals surface area contributed by atoms with Crippen molar-refractivity contribution in [2.75, 3.05) is 0 Å². The SMILES string of the molecule is CCc1ccccc1-n1nc(-c2ccccc2)c2cnc3ccc(C)cc3c21. The van der Waals surface area contributed by atoms with Crippen molar-refractivity contribution in [3.05, 3.63) is 90.1 Å². The van der Waals surface area contributed by atoms with E-state index in [0.717, 1.165) is 45.2 Å². The number of hydrogen-bond donors (Lipinski definition) is 0. The van der Waals surface area contributed by atoms with Crippen LogP contribution in [0.15, 0.2) is 79.0 Å². The van der Waals surface area contributed by atoms with E-state index >= 15 is 0 Å². The van der Waals surface area contributed by atoms with E-state index in [4.69, 9.17) is 10.1 Å². The van der Waals surface area contributed by atoms with Crippen LogP contribution in [0.2, 0.25) is 0 Å². The highest BCUT2D eigenvalue weighted by atomic mass is 15.3. The van der Waals surface area contributed by atoms with Crippen molar-refractivity contribution in [3.63, 3.8) is 0 Å². The summed E-state index contributed by atoms with van der Waals surface area (Å²) in [4.78, 5) is 4.73. The summed E-state index contributed by atoms with van der Waals surface area (Å²) in [7, 11) is 0. The Morgan fingerprint density at radius 3 is 2.46 bits per heavy atom. The Bertz CT molecular complexity index is 1300. The Labute approximate surface area is 164 Å². The first-order chi connectivity index (χ1) is 13.8. The lowest BCUT2D eigenvalue weighted by Crippen LogP contribution is -2.01. The van der Waals surface area contributed by atoms with Gasteiger partial charge in [0.15, 0.2) is 0 Å². The zero-order valence-corrected chi connectivity index (χ0v) is 16.1. The number of aryl methyl sites for hydroxylation is 2. The molecule has 0 spiro atoms. The smallest absolute Gasteiger partial charge is 0.102 e. The lowest BCUT2D eigenvalue weighted by atomic mass is 10.1. The summed E-state index contributed by atoms with van der Waals surface area (Å²) in [5.41, 5.74) is 7.82. The van der Waals surface area contributed by atoms with E-state index < -0.39 is 0 Å². The van der Waals surface area contributed by atoms with Crippen LogP contribution in [0.1, 0.15) is 18.1 Å². The summed E-state index contributed by atoms with van der Waals surface area (Å²) in [6, 6.07) is 25.3. The summed E-state index contributed by atoms with van der Waals surface area (Å²) < 4.78 is 2.11. The second-order valence-electron chi connectivity index (χ2n) is 7.15. The summed E-state index contributed by atoms with van der Waals surface area (Å²) in [5, 5.41) is 7.31. The van der Waals surface area contributed by atoms with Gasteiger partial charge in [-0.05, 0) is 37.1 Å². The van der Waals surface area contributed by atoms with Crippen LogP contribution in [0, 0.1) is 6.92 Å².